The maximum absolute atomic E-state index is 11.8. The van der Waals surface area contributed by atoms with Gasteiger partial charge in [-0.15, -0.1) is 0 Å². The van der Waals surface area contributed by atoms with Crippen molar-refractivity contribution in [1.29, 1.82) is 0 Å². The molecule has 0 aromatic heterocycles. The minimum Gasteiger partial charge on any atom is -0.391 e. The lowest BCUT2D eigenvalue weighted by Gasteiger charge is -2.22. The second-order valence-electron chi connectivity index (χ2n) is 5.08. The number of nitrogens with one attached hydrogen (secondary N) is 2. The fourth-order valence-electron chi connectivity index (χ4n) is 2.24. The Labute approximate surface area is 124 Å². The van der Waals surface area contributed by atoms with Gasteiger partial charge in [-0.05, 0) is 5.56 Å². The van der Waals surface area contributed by atoms with Gasteiger partial charge in [-0.1, -0.05) is 30.3 Å². The number of rotatable bonds is 6. The van der Waals surface area contributed by atoms with E-state index in [9.17, 15) is 9.90 Å². The van der Waals surface area contributed by atoms with Gasteiger partial charge in [0.2, 0.25) is 5.91 Å². The number of carbonyl (C=O) groups is 1. The van der Waals surface area contributed by atoms with Gasteiger partial charge in [0.1, 0.15) is 0 Å². The molecule has 2 atom stereocenters. The number of thioether (sulfide) groups is 1. The number of carbonyl (C=O) groups excluding carboxylic acids is 1. The van der Waals surface area contributed by atoms with Crippen molar-refractivity contribution in [3.8, 4) is 0 Å². The van der Waals surface area contributed by atoms with Gasteiger partial charge in [-0.3, -0.25) is 4.79 Å². The quantitative estimate of drug-likeness (QED) is 0.726. The molecule has 3 N–H and O–H groups in total. The summed E-state index contributed by atoms with van der Waals surface area (Å²) in [5, 5.41) is 16.1. The minimum absolute atomic E-state index is 0.0112. The van der Waals surface area contributed by atoms with Crippen molar-refractivity contribution in [1.82, 2.24) is 10.6 Å². The average Bonchev–Trinajstić information content (AvgIpc) is 2.47. The predicted octanol–water partition coefficient (Wildman–Crippen LogP) is 0.801. The zero-order valence-corrected chi connectivity index (χ0v) is 12.4. The Morgan fingerprint density at radius 2 is 2.25 bits per heavy atom. The van der Waals surface area contributed by atoms with Crippen molar-refractivity contribution in [2.24, 2.45) is 0 Å². The Morgan fingerprint density at radius 3 is 2.95 bits per heavy atom. The van der Waals surface area contributed by atoms with Crippen molar-refractivity contribution < 1.29 is 9.90 Å². The fourth-order valence-corrected chi connectivity index (χ4v) is 3.19. The van der Waals surface area contributed by atoms with E-state index in [0.717, 1.165) is 23.6 Å². The lowest BCUT2D eigenvalue weighted by Crippen LogP contribution is -2.42. The Bertz CT molecular complexity index is 408. The van der Waals surface area contributed by atoms with E-state index in [2.05, 4.69) is 10.6 Å². The van der Waals surface area contributed by atoms with Gasteiger partial charge in [0, 0.05) is 43.5 Å². The van der Waals surface area contributed by atoms with Crippen LogP contribution in [-0.2, 0) is 11.2 Å². The molecule has 0 radical (unpaired) electrons. The highest BCUT2D eigenvalue weighted by atomic mass is 32.2. The van der Waals surface area contributed by atoms with Crippen LogP contribution in [0.1, 0.15) is 12.0 Å². The summed E-state index contributed by atoms with van der Waals surface area (Å²) in [6.45, 7) is 1.28. The first kappa shape index (κ1) is 15.4. The van der Waals surface area contributed by atoms with Crippen LogP contribution in [0.4, 0.5) is 0 Å². The second kappa shape index (κ2) is 8.29. The zero-order chi connectivity index (χ0) is 14.2. The molecular formula is C15H22N2O2S. The van der Waals surface area contributed by atoms with Crippen molar-refractivity contribution in [2.45, 2.75) is 25.0 Å². The highest BCUT2D eigenvalue weighted by Gasteiger charge is 2.17. The summed E-state index contributed by atoms with van der Waals surface area (Å²) < 4.78 is 0. The van der Waals surface area contributed by atoms with Crippen molar-refractivity contribution in [3.05, 3.63) is 35.9 Å². The molecule has 2 unspecified atom stereocenters. The summed E-state index contributed by atoms with van der Waals surface area (Å²) in [4.78, 5) is 11.8. The summed E-state index contributed by atoms with van der Waals surface area (Å²) in [5.74, 6) is 2.12. The molecule has 1 fully saturated rings. The van der Waals surface area contributed by atoms with Crippen LogP contribution in [0.2, 0.25) is 0 Å². The van der Waals surface area contributed by atoms with E-state index >= 15 is 0 Å². The van der Waals surface area contributed by atoms with E-state index < -0.39 is 6.10 Å². The van der Waals surface area contributed by atoms with Gasteiger partial charge in [0.05, 0.1) is 6.10 Å². The molecule has 1 aliphatic rings. The van der Waals surface area contributed by atoms with Gasteiger partial charge in [-0.25, -0.2) is 0 Å². The molecule has 1 aromatic carbocycles. The highest BCUT2D eigenvalue weighted by Crippen LogP contribution is 2.10. The summed E-state index contributed by atoms with van der Waals surface area (Å²) in [7, 11) is 0. The topological polar surface area (TPSA) is 61.4 Å². The van der Waals surface area contributed by atoms with Crippen molar-refractivity contribution >= 4 is 17.7 Å². The summed E-state index contributed by atoms with van der Waals surface area (Å²) in [6.07, 6.45) is 0.527. The van der Waals surface area contributed by atoms with Crippen molar-refractivity contribution in [2.75, 3.05) is 24.6 Å². The molecule has 110 valence electrons. The number of hydrogen-bond acceptors (Lipinski definition) is 4. The molecule has 5 heteroatoms. The van der Waals surface area contributed by atoms with Crippen LogP contribution in [0, 0.1) is 0 Å². The second-order valence-corrected chi connectivity index (χ2v) is 6.23. The predicted molar refractivity (Wildman–Crippen MR) is 82.9 cm³/mol. The summed E-state index contributed by atoms with van der Waals surface area (Å²) in [6, 6.07) is 10.1. The van der Waals surface area contributed by atoms with Gasteiger partial charge >= 0.3 is 0 Å². The van der Waals surface area contributed by atoms with Crippen LogP contribution in [0.5, 0.6) is 0 Å². The maximum atomic E-state index is 11.8. The minimum atomic E-state index is -0.532. The molecule has 20 heavy (non-hydrogen) atoms. The Kier molecular flexibility index (Phi) is 6.36. The molecule has 1 aromatic rings. The van der Waals surface area contributed by atoms with Crippen LogP contribution >= 0.6 is 11.8 Å². The third-order valence-electron chi connectivity index (χ3n) is 3.28. The van der Waals surface area contributed by atoms with Gasteiger partial charge < -0.3 is 15.7 Å². The standard InChI is InChI=1S/C15H22N2O2S/c18-14(8-12-4-2-1-3-5-12)10-17-15(19)9-13-11-20-7-6-16-13/h1-5,13-14,16,18H,6-11H2,(H,17,19). The lowest BCUT2D eigenvalue weighted by molar-refractivity contribution is -0.121. The smallest absolute Gasteiger partial charge is 0.221 e. The molecule has 2 rings (SSSR count). The third-order valence-corrected chi connectivity index (χ3v) is 4.41. The number of benzene rings is 1. The molecule has 4 nitrogen and oxygen atoms in total. The van der Waals surface area contributed by atoms with Crippen LogP contribution in [-0.4, -0.2) is 47.8 Å². The Balaban J connectivity index is 1.64. The molecule has 1 saturated heterocycles. The molecule has 1 amide bonds. The first-order valence-corrected chi connectivity index (χ1v) is 8.19. The van der Waals surface area contributed by atoms with Crippen LogP contribution in [0.3, 0.4) is 0 Å². The van der Waals surface area contributed by atoms with Gasteiger partial charge in [-0.2, -0.15) is 11.8 Å². The summed E-state index contributed by atoms with van der Waals surface area (Å²) in [5.41, 5.74) is 1.08. The first-order valence-electron chi connectivity index (χ1n) is 7.04. The van der Waals surface area contributed by atoms with Crippen LogP contribution in [0.15, 0.2) is 30.3 Å². The van der Waals surface area contributed by atoms with Crippen LogP contribution in [0.25, 0.3) is 0 Å². The van der Waals surface area contributed by atoms with Crippen LogP contribution < -0.4 is 10.6 Å². The zero-order valence-electron chi connectivity index (χ0n) is 11.5. The SMILES string of the molecule is O=C(CC1CSCCN1)NCC(O)Cc1ccccc1. The first-order chi connectivity index (χ1) is 9.74. The molecule has 0 bridgehead atoms. The molecule has 1 aliphatic heterocycles. The highest BCUT2D eigenvalue weighted by molar-refractivity contribution is 7.99. The monoisotopic (exact) mass is 294 g/mol. The molecule has 0 spiro atoms. The molecular weight excluding hydrogens is 272 g/mol. The fraction of sp³-hybridized carbons (Fsp3) is 0.533. The third kappa shape index (κ3) is 5.53. The Morgan fingerprint density at radius 1 is 1.45 bits per heavy atom. The van der Waals surface area contributed by atoms with E-state index in [0.29, 0.717) is 19.4 Å². The number of aliphatic hydroxyl groups is 1. The van der Waals surface area contributed by atoms with E-state index in [4.69, 9.17) is 0 Å². The maximum Gasteiger partial charge on any atom is 0.221 e. The molecule has 0 saturated carbocycles. The largest absolute Gasteiger partial charge is 0.391 e. The van der Waals surface area contributed by atoms with Crippen molar-refractivity contribution in [3.63, 3.8) is 0 Å². The number of hydrogen-bond donors (Lipinski definition) is 3. The lowest BCUT2D eigenvalue weighted by atomic mass is 10.1. The molecule has 0 aliphatic carbocycles. The van der Waals surface area contributed by atoms with Gasteiger partial charge in [0.25, 0.3) is 0 Å². The van der Waals surface area contributed by atoms with E-state index in [1.807, 2.05) is 42.1 Å². The Hall–Kier alpha value is -1.04. The number of aliphatic hydroxyl groups excluding tert-OH is 1. The van der Waals surface area contributed by atoms with E-state index in [1.54, 1.807) is 0 Å². The number of amides is 1. The van der Waals surface area contributed by atoms with Gasteiger partial charge in [0.15, 0.2) is 0 Å². The normalized spacial score (nSPS) is 20.4. The van der Waals surface area contributed by atoms with E-state index in [1.165, 1.54) is 0 Å². The average molecular weight is 294 g/mol. The van der Waals surface area contributed by atoms with E-state index in [-0.39, 0.29) is 11.9 Å². The summed E-state index contributed by atoms with van der Waals surface area (Å²) >= 11 is 1.88. The molecule has 1 heterocycles.